The Morgan fingerprint density at radius 1 is 0.380 bits per heavy atom. The van der Waals surface area contributed by atoms with Crippen LogP contribution in [0.25, 0.3) is 60.5 Å². The Morgan fingerprint density at radius 2 is 0.960 bits per heavy atom. The Balaban J connectivity index is 1.01. The van der Waals surface area contributed by atoms with Crippen molar-refractivity contribution in [3.8, 4) is 27.9 Å². The van der Waals surface area contributed by atoms with Crippen molar-refractivity contribution in [1.29, 1.82) is 0 Å². The first-order valence-electron chi connectivity index (χ1n) is 17.6. The summed E-state index contributed by atoms with van der Waals surface area (Å²) in [5.41, 5.74) is 12.7. The molecule has 9 aromatic rings. The number of para-hydroxylation sites is 2. The largest absolute Gasteiger partial charge is 0.309 e. The van der Waals surface area contributed by atoms with Crippen LogP contribution in [0.15, 0.2) is 194 Å². The Morgan fingerprint density at radius 3 is 1.76 bits per heavy atom. The van der Waals surface area contributed by atoms with E-state index in [1.807, 2.05) is 0 Å². The molecule has 50 heavy (non-hydrogen) atoms. The predicted molar refractivity (Wildman–Crippen MR) is 212 cm³/mol. The number of aryl methyl sites for hydroxylation is 1. The highest BCUT2D eigenvalue weighted by Gasteiger charge is 2.17. The number of hydrogen-bond donors (Lipinski definition) is 0. The fourth-order valence-corrected chi connectivity index (χ4v) is 7.67. The Hall–Kier alpha value is -6.18. The standard InChI is InChI=1S/C49H37N/c1-3-11-36(12-4-1)38-24-27-40(28-25-38)45(43-29-26-37-13-7-8-14-41(37)33-43)31-21-35-19-22-39(23-20-35)42-30-32-49-47(34-42)46-17-9-10-18-48(46)50(49)44-15-5-2-6-16-44/h1-20,22-30,32-34,45H,21,31H2. The molecule has 0 fully saturated rings. The third kappa shape index (κ3) is 5.67. The molecule has 0 saturated carbocycles. The van der Waals surface area contributed by atoms with E-state index in [2.05, 4.69) is 199 Å². The molecule has 0 amide bonds. The van der Waals surface area contributed by atoms with Crippen LogP contribution in [0.3, 0.4) is 0 Å². The van der Waals surface area contributed by atoms with Gasteiger partial charge in [0.15, 0.2) is 0 Å². The summed E-state index contributed by atoms with van der Waals surface area (Å²) in [6, 6.07) is 71.1. The van der Waals surface area contributed by atoms with Crippen LogP contribution in [0, 0.1) is 0 Å². The van der Waals surface area contributed by atoms with E-state index in [1.165, 1.54) is 77.2 Å². The summed E-state index contributed by atoms with van der Waals surface area (Å²) >= 11 is 0. The third-order valence-corrected chi connectivity index (χ3v) is 10.3. The molecule has 1 heteroatoms. The molecule has 1 heterocycles. The molecule has 0 radical (unpaired) electrons. The summed E-state index contributed by atoms with van der Waals surface area (Å²) in [6.07, 6.45) is 2.04. The molecule has 0 spiro atoms. The molecule has 0 N–H and O–H groups in total. The van der Waals surface area contributed by atoms with Gasteiger partial charge in [0.2, 0.25) is 0 Å². The maximum atomic E-state index is 2.39. The first-order valence-corrected chi connectivity index (χ1v) is 17.6. The van der Waals surface area contributed by atoms with Crippen LogP contribution >= 0.6 is 0 Å². The van der Waals surface area contributed by atoms with Gasteiger partial charge >= 0.3 is 0 Å². The van der Waals surface area contributed by atoms with Crippen molar-refractivity contribution in [2.45, 2.75) is 18.8 Å². The Labute approximate surface area is 293 Å². The van der Waals surface area contributed by atoms with E-state index < -0.39 is 0 Å². The molecule has 8 aromatic carbocycles. The van der Waals surface area contributed by atoms with Gasteiger partial charge in [0, 0.05) is 22.4 Å². The molecular formula is C49H37N. The summed E-state index contributed by atoms with van der Waals surface area (Å²) in [5, 5.41) is 5.14. The summed E-state index contributed by atoms with van der Waals surface area (Å²) in [4.78, 5) is 0. The van der Waals surface area contributed by atoms with E-state index in [1.54, 1.807) is 0 Å². The summed E-state index contributed by atoms with van der Waals surface area (Å²) in [5.74, 6) is 0.299. The van der Waals surface area contributed by atoms with Crippen LogP contribution in [0.5, 0.6) is 0 Å². The van der Waals surface area contributed by atoms with E-state index in [-0.39, 0.29) is 0 Å². The van der Waals surface area contributed by atoms with E-state index in [9.17, 15) is 0 Å². The maximum absolute atomic E-state index is 2.39. The van der Waals surface area contributed by atoms with Crippen LogP contribution in [-0.2, 0) is 6.42 Å². The van der Waals surface area contributed by atoms with Gasteiger partial charge < -0.3 is 4.57 Å². The average Bonchev–Trinajstić information content (AvgIpc) is 3.53. The molecular weight excluding hydrogens is 603 g/mol. The lowest BCUT2D eigenvalue weighted by atomic mass is 9.84. The van der Waals surface area contributed by atoms with E-state index in [4.69, 9.17) is 0 Å². The minimum absolute atomic E-state index is 0.299. The molecule has 0 aliphatic rings. The number of aromatic nitrogens is 1. The zero-order chi connectivity index (χ0) is 33.3. The monoisotopic (exact) mass is 639 g/mol. The zero-order valence-electron chi connectivity index (χ0n) is 27.9. The summed E-state index contributed by atoms with van der Waals surface area (Å²) < 4.78 is 2.37. The van der Waals surface area contributed by atoms with Gasteiger partial charge in [0.05, 0.1) is 11.0 Å². The van der Waals surface area contributed by atoms with Gasteiger partial charge in [0.1, 0.15) is 0 Å². The van der Waals surface area contributed by atoms with Gasteiger partial charge in [-0.2, -0.15) is 0 Å². The molecule has 0 aliphatic carbocycles. The second-order valence-electron chi connectivity index (χ2n) is 13.3. The molecule has 1 unspecified atom stereocenters. The molecule has 9 rings (SSSR count). The highest BCUT2D eigenvalue weighted by atomic mass is 15.0. The van der Waals surface area contributed by atoms with Crippen molar-refractivity contribution in [3.63, 3.8) is 0 Å². The highest BCUT2D eigenvalue weighted by molar-refractivity contribution is 6.10. The van der Waals surface area contributed by atoms with Gasteiger partial charge in [-0.15, -0.1) is 0 Å². The Kier molecular flexibility index (Phi) is 7.80. The molecule has 1 aromatic heterocycles. The second-order valence-corrected chi connectivity index (χ2v) is 13.3. The second kappa shape index (κ2) is 13.0. The van der Waals surface area contributed by atoms with Gasteiger partial charge in [-0.05, 0) is 92.9 Å². The molecule has 1 nitrogen and oxygen atoms in total. The highest BCUT2D eigenvalue weighted by Crippen LogP contribution is 2.36. The number of rotatable bonds is 8. The van der Waals surface area contributed by atoms with Crippen molar-refractivity contribution < 1.29 is 0 Å². The average molecular weight is 640 g/mol. The first kappa shape index (κ1) is 29.9. The van der Waals surface area contributed by atoms with Crippen LogP contribution in [0.2, 0.25) is 0 Å². The van der Waals surface area contributed by atoms with Gasteiger partial charge in [-0.1, -0.05) is 164 Å². The topological polar surface area (TPSA) is 4.93 Å². The SMILES string of the molecule is c1ccc(-c2ccc(C(CCc3ccc(-c4ccc5c(c4)c4ccccc4n5-c4ccccc4)cc3)c3ccc4ccccc4c3)cc2)cc1. The number of benzene rings is 8. The minimum atomic E-state index is 0.299. The first-order chi connectivity index (χ1) is 24.8. The van der Waals surface area contributed by atoms with Crippen LogP contribution < -0.4 is 0 Å². The summed E-state index contributed by atoms with van der Waals surface area (Å²) in [7, 11) is 0. The molecule has 238 valence electrons. The van der Waals surface area contributed by atoms with E-state index >= 15 is 0 Å². The third-order valence-electron chi connectivity index (χ3n) is 10.3. The number of hydrogen-bond acceptors (Lipinski definition) is 0. The fourth-order valence-electron chi connectivity index (χ4n) is 7.67. The van der Waals surface area contributed by atoms with Crippen molar-refractivity contribution in [3.05, 3.63) is 211 Å². The number of fused-ring (bicyclic) bond motifs is 4. The molecule has 0 bridgehead atoms. The number of nitrogens with zero attached hydrogens (tertiary/aromatic N) is 1. The van der Waals surface area contributed by atoms with Crippen LogP contribution in [0.1, 0.15) is 29.0 Å². The van der Waals surface area contributed by atoms with Crippen LogP contribution in [0.4, 0.5) is 0 Å². The lowest BCUT2D eigenvalue weighted by Gasteiger charge is -2.20. The maximum Gasteiger partial charge on any atom is 0.0541 e. The quantitative estimate of drug-likeness (QED) is 0.156. The smallest absolute Gasteiger partial charge is 0.0541 e. The van der Waals surface area contributed by atoms with Gasteiger partial charge in [-0.3, -0.25) is 0 Å². The molecule has 0 saturated heterocycles. The summed E-state index contributed by atoms with van der Waals surface area (Å²) in [6.45, 7) is 0. The van der Waals surface area contributed by atoms with Gasteiger partial charge in [0.25, 0.3) is 0 Å². The Bertz CT molecular complexity index is 2560. The lowest BCUT2D eigenvalue weighted by Crippen LogP contribution is -2.03. The normalized spacial score (nSPS) is 12.1. The van der Waals surface area contributed by atoms with E-state index in [0.717, 1.165) is 12.8 Å². The zero-order valence-corrected chi connectivity index (χ0v) is 27.9. The lowest BCUT2D eigenvalue weighted by molar-refractivity contribution is 0.716. The van der Waals surface area contributed by atoms with Crippen molar-refractivity contribution in [2.75, 3.05) is 0 Å². The molecule has 1 atom stereocenters. The fraction of sp³-hybridized carbons (Fsp3) is 0.0612. The van der Waals surface area contributed by atoms with Gasteiger partial charge in [-0.25, -0.2) is 0 Å². The molecule has 0 aliphatic heterocycles. The minimum Gasteiger partial charge on any atom is -0.309 e. The van der Waals surface area contributed by atoms with Crippen molar-refractivity contribution in [1.82, 2.24) is 4.57 Å². The van der Waals surface area contributed by atoms with Crippen molar-refractivity contribution in [2.24, 2.45) is 0 Å². The van der Waals surface area contributed by atoms with E-state index in [0.29, 0.717) is 5.92 Å². The predicted octanol–water partition coefficient (Wildman–Crippen LogP) is 13.0. The van der Waals surface area contributed by atoms with Crippen LogP contribution in [-0.4, -0.2) is 4.57 Å². The van der Waals surface area contributed by atoms with Crippen molar-refractivity contribution >= 4 is 32.6 Å².